The number of nitrogens with one attached hydrogen (secondary N) is 1. The summed E-state index contributed by atoms with van der Waals surface area (Å²) in [5.41, 5.74) is 4.21. The van der Waals surface area contributed by atoms with Crippen LogP contribution in [0.5, 0.6) is 0 Å². The van der Waals surface area contributed by atoms with Crippen molar-refractivity contribution in [2.45, 2.75) is 6.92 Å². The summed E-state index contributed by atoms with van der Waals surface area (Å²) in [6.45, 7) is 2.02. The first-order valence-corrected chi connectivity index (χ1v) is 10.9. The fourth-order valence-corrected chi connectivity index (χ4v) is 3.53. The molecular formula is C28H22N4O2. The maximum absolute atomic E-state index is 13.4. The van der Waals surface area contributed by atoms with Crippen molar-refractivity contribution >= 4 is 40.0 Å². The van der Waals surface area contributed by atoms with E-state index in [1.807, 2.05) is 116 Å². The molecule has 5 rings (SSSR count). The van der Waals surface area contributed by atoms with Gasteiger partial charge in [-0.15, -0.1) is 0 Å². The highest BCUT2D eigenvalue weighted by Crippen LogP contribution is 2.26. The maximum Gasteiger partial charge on any atom is 0.334 e. The second-order valence-electron chi connectivity index (χ2n) is 7.73. The van der Waals surface area contributed by atoms with Crippen molar-refractivity contribution in [2.24, 2.45) is 4.99 Å². The van der Waals surface area contributed by atoms with Crippen LogP contribution < -0.4 is 15.8 Å². The molecule has 4 aromatic carbocycles. The Morgan fingerprint density at radius 1 is 0.824 bits per heavy atom. The van der Waals surface area contributed by atoms with E-state index < -0.39 is 6.03 Å². The Morgan fingerprint density at radius 2 is 1.47 bits per heavy atom. The molecule has 0 radical (unpaired) electrons. The van der Waals surface area contributed by atoms with E-state index >= 15 is 0 Å². The number of nitrogens with zero attached hydrogens (tertiary/aromatic N) is 3. The molecule has 0 atom stereocenters. The lowest BCUT2D eigenvalue weighted by Gasteiger charge is -2.21. The van der Waals surface area contributed by atoms with E-state index in [0.717, 1.165) is 16.6 Å². The summed E-state index contributed by atoms with van der Waals surface area (Å²) in [7, 11) is 0. The Morgan fingerprint density at radius 3 is 2.21 bits per heavy atom. The van der Waals surface area contributed by atoms with Crippen LogP contribution in [0.3, 0.4) is 0 Å². The Bertz CT molecular complexity index is 1500. The van der Waals surface area contributed by atoms with Crippen LogP contribution in [0.25, 0.3) is 10.9 Å². The molecule has 2 amide bonds. The molecule has 6 heteroatoms. The molecule has 0 unspecified atom stereocenters. The highest BCUT2D eigenvalue weighted by Gasteiger charge is 2.23. The molecule has 34 heavy (non-hydrogen) atoms. The zero-order chi connectivity index (χ0) is 23.3. The molecule has 6 nitrogen and oxygen atoms in total. The minimum Gasteiger partial charge on any atom is -0.405 e. The van der Waals surface area contributed by atoms with Gasteiger partial charge in [-0.1, -0.05) is 66.2 Å². The summed E-state index contributed by atoms with van der Waals surface area (Å²) in [5, 5.41) is 3.67. The minimum absolute atomic E-state index is 0.115. The number of carbonyl (C=O) groups is 1. The molecule has 1 aromatic heterocycles. The van der Waals surface area contributed by atoms with Crippen LogP contribution in [0.2, 0.25) is 0 Å². The monoisotopic (exact) mass is 446 g/mol. The standard InChI is InChI=1S/C28H22N4O2/c1-20-16-18-22(19-17-20)29-26-24-14-8-9-15-25(24)31-28(34-26)32(23-12-6-3-7-13-23)27(33)30-21-10-4-2-5-11-21/h2-19H,1H3,(H,30,33). The number of aromatic nitrogens is 1. The van der Waals surface area contributed by atoms with E-state index in [2.05, 4.69) is 10.3 Å². The SMILES string of the molecule is Cc1ccc(N=c2oc(N(C(=O)Nc3ccccc3)c3ccccc3)nc3ccccc23)cc1. The third kappa shape index (κ3) is 4.56. The van der Waals surface area contributed by atoms with Gasteiger partial charge in [0, 0.05) is 5.69 Å². The number of anilines is 3. The van der Waals surface area contributed by atoms with Gasteiger partial charge in [0.1, 0.15) is 0 Å². The summed E-state index contributed by atoms with van der Waals surface area (Å²) >= 11 is 0. The fourth-order valence-electron chi connectivity index (χ4n) is 3.53. The molecular weight excluding hydrogens is 424 g/mol. The van der Waals surface area contributed by atoms with Crippen molar-refractivity contribution in [1.82, 2.24) is 4.98 Å². The highest BCUT2D eigenvalue weighted by atomic mass is 16.4. The predicted octanol–water partition coefficient (Wildman–Crippen LogP) is 6.74. The predicted molar refractivity (Wildman–Crippen MR) is 134 cm³/mol. The van der Waals surface area contributed by atoms with E-state index in [9.17, 15) is 4.79 Å². The summed E-state index contributed by atoms with van der Waals surface area (Å²) in [6, 6.07) is 33.7. The Kier molecular flexibility index (Phi) is 5.86. The molecule has 1 N–H and O–H groups in total. The van der Waals surface area contributed by atoms with Gasteiger partial charge < -0.3 is 9.73 Å². The normalized spacial score (nSPS) is 11.4. The molecule has 0 saturated carbocycles. The quantitative estimate of drug-likeness (QED) is 0.332. The number of carbonyl (C=O) groups excluding carboxylic acids is 1. The summed E-state index contributed by atoms with van der Waals surface area (Å²) in [5.74, 6) is 0. The number of amides is 2. The number of fused-ring (bicyclic) bond motifs is 1. The number of urea groups is 1. The van der Waals surface area contributed by atoms with Crippen LogP contribution >= 0.6 is 0 Å². The van der Waals surface area contributed by atoms with Crippen LogP contribution in [0.15, 0.2) is 119 Å². The highest BCUT2D eigenvalue weighted by molar-refractivity contribution is 6.05. The molecule has 0 fully saturated rings. The minimum atomic E-state index is -0.398. The molecule has 166 valence electrons. The fraction of sp³-hybridized carbons (Fsp3) is 0.0357. The first-order valence-electron chi connectivity index (χ1n) is 10.9. The van der Waals surface area contributed by atoms with E-state index in [1.54, 1.807) is 0 Å². The smallest absolute Gasteiger partial charge is 0.334 e. The van der Waals surface area contributed by atoms with Gasteiger partial charge in [-0.25, -0.2) is 14.7 Å². The zero-order valence-corrected chi connectivity index (χ0v) is 18.6. The number of rotatable bonds is 4. The Hall–Kier alpha value is -4.71. The van der Waals surface area contributed by atoms with E-state index in [4.69, 9.17) is 9.41 Å². The molecule has 0 aliphatic heterocycles. The van der Waals surface area contributed by atoms with Crippen molar-refractivity contribution in [3.05, 3.63) is 120 Å². The van der Waals surface area contributed by atoms with Gasteiger partial charge in [0.2, 0.25) is 5.55 Å². The lowest BCUT2D eigenvalue weighted by atomic mass is 10.2. The topological polar surface area (TPSA) is 70.7 Å². The van der Waals surface area contributed by atoms with Crippen LogP contribution in [-0.4, -0.2) is 11.0 Å². The summed E-state index contributed by atoms with van der Waals surface area (Å²) in [4.78, 5) is 24.2. The van der Waals surface area contributed by atoms with Crippen LogP contribution in [0, 0.1) is 6.92 Å². The largest absolute Gasteiger partial charge is 0.405 e. The number of hydrogen-bond acceptors (Lipinski definition) is 4. The second-order valence-corrected chi connectivity index (χ2v) is 7.73. The van der Waals surface area contributed by atoms with Gasteiger partial charge in [0.25, 0.3) is 0 Å². The van der Waals surface area contributed by atoms with Crippen molar-refractivity contribution in [3.8, 4) is 0 Å². The van der Waals surface area contributed by atoms with Gasteiger partial charge in [-0.2, -0.15) is 4.98 Å². The average Bonchev–Trinajstić information content (AvgIpc) is 2.87. The van der Waals surface area contributed by atoms with Crippen LogP contribution in [0.1, 0.15) is 5.56 Å². The summed E-state index contributed by atoms with van der Waals surface area (Å²) < 4.78 is 6.19. The van der Waals surface area contributed by atoms with Crippen molar-refractivity contribution in [1.29, 1.82) is 0 Å². The van der Waals surface area contributed by atoms with Crippen LogP contribution in [0.4, 0.5) is 27.9 Å². The van der Waals surface area contributed by atoms with Crippen molar-refractivity contribution < 1.29 is 9.21 Å². The zero-order valence-electron chi connectivity index (χ0n) is 18.6. The van der Waals surface area contributed by atoms with Crippen LogP contribution in [-0.2, 0) is 0 Å². The van der Waals surface area contributed by atoms with Gasteiger partial charge in [-0.3, -0.25) is 0 Å². The molecule has 0 aliphatic carbocycles. The van der Waals surface area contributed by atoms with E-state index in [1.165, 1.54) is 4.90 Å². The molecule has 0 saturated heterocycles. The number of benzene rings is 4. The Labute approximate surface area is 196 Å². The number of para-hydroxylation sites is 3. The molecule has 0 spiro atoms. The molecule has 0 aliphatic rings. The van der Waals surface area contributed by atoms with E-state index in [-0.39, 0.29) is 6.01 Å². The van der Waals surface area contributed by atoms with Gasteiger partial charge in [0.15, 0.2) is 0 Å². The lowest BCUT2D eigenvalue weighted by Crippen LogP contribution is -2.32. The van der Waals surface area contributed by atoms with Crippen molar-refractivity contribution in [3.63, 3.8) is 0 Å². The second kappa shape index (κ2) is 9.42. The Balaban J connectivity index is 1.67. The first-order chi connectivity index (χ1) is 16.7. The number of aryl methyl sites for hydroxylation is 1. The third-order valence-corrected chi connectivity index (χ3v) is 5.24. The third-order valence-electron chi connectivity index (χ3n) is 5.24. The van der Waals surface area contributed by atoms with Gasteiger partial charge in [-0.05, 0) is 55.5 Å². The molecule has 1 heterocycles. The first kappa shape index (κ1) is 21.2. The average molecular weight is 447 g/mol. The molecule has 0 bridgehead atoms. The summed E-state index contributed by atoms with van der Waals surface area (Å²) in [6.07, 6.45) is 0. The van der Waals surface area contributed by atoms with Gasteiger partial charge in [0.05, 0.1) is 22.3 Å². The molecule has 5 aromatic rings. The number of hydrogen-bond donors (Lipinski definition) is 1. The maximum atomic E-state index is 13.4. The van der Waals surface area contributed by atoms with E-state index in [0.29, 0.717) is 22.4 Å². The van der Waals surface area contributed by atoms with Gasteiger partial charge >= 0.3 is 12.0 Å². The van der Waals surface area contributed by atoms with Crippen molar-refractivity contribution in [2.75, 3.05) is 10.2 Å². The lowest BCUT2D eigenvalue weighted by molar-refractivity contribution is 0.257.